The molecule has 1 atom stereocenters. The molecule has 1 aromatic rings. The monoisotopic (exact) mass is 314 g/mol. The molecular formula is C19H26N2O2. The molecule has 0 saturated carbocycles. The lowest BCUT2D eigenvalue weighted by atomic mass is 9.95. The number of nitrogens with one attached hydrogen (secondary N) is 1. The van der Waals surface area contributed by atoms with Crippen molar-refractivity contribution in [2.24, 2.45) is 5.92 Å². The van der Waals surface area contributed by atoms with Crippen molar-refractivity contribution in [2.75, 3.05) is 26.2 Å². The Balaban J connectivity index is 1.91. The summed E-state index contributed by atoms with van der Waals surface area (Å²) in [6.07, 6.45) is 7.94. The van der Waals surface area contributed by atoms with E-state index in [9.17, 15) is 9.90 Å². The van der Waals surface area contributed by atoms with Crippen LogP contribution in [0, 0.1) is 18.3 Å². The first-order valence-electron chi connectivity index (χ1n) is 8.33. The van der Waals surface area contributed by atoms with Crippen LogP contribution in [0.15, 0.2) is 24.3 Å². The van der Waals surface area contributed by atoms with E-state index >= 15 is 0 Å². The van der Waals surface area contributed by atoms with Crippen LogP contribution in [-0.2, 0) is 11.2 Å². The van der Waals surface area contributed by atoms with Crippen molar-refractivity contribution in [3.05, 3.63) is 35.4 Å². The summed E-state index contributed by atoms with van der Waals surface area (Å²) in [5, 5.41) is 12.6. The molecule has 4 nitrogen and oxygen atoms in total. The van der Waals surface area contributed by atoms with Gasteiger partial charge in [-0.3, -0.25) is 9.69 Å². The minimum atomic E-state index is -0.336. The van der Waals surface area contributed by atoms with Crippen LogP contribution in [-0.4, -0.2) is 42.2 Å². The summed E-state index contributed by atoms with van der Waals surface area (Å²) in [6.45, 7) is 4.38. The lowest BCUT2D eigenvalue weighted by Crippen LogP contribution is -2.42. The molecule has 1 fully saturated rings. The van der Waals surface area contributed by atoms with Gasteiger partial charge in [0.1, 0.15) is 0 Å². The van der Waals surface area contributed by atoms with Crippen molar-refractivity contribution < 1.29 is 9.90 Å². The Morgan fingerprint density at radius 3 is 2.57 bits per heavy atom. The minimum absolute atomic E-state index is 0.00740. The van der Waals surface area contributed by atoms with Gasteiger partial charge in [0, 0.05) is 5.92 Å². The van der Waals surface area contributed by atoms with Gasteiger partial charge in [-0.2, -0.15) is 0 Å². The third-order valence-electron chi connectivity index (χ3n) is 4.56. The highest BCUT2D eigenvalue weighted by Crippen LogP contribution is 2.20. The molecule has 0 bridgehead atoms. The molecule has 4 heteroatoms. The van der Waals surface area contributed by atoms with Crippen LogP contribution >= 0.6 is 0 Å². The molecule has 1 aliphatic rings. The van der Waals surface area contributed by atoms with E-state index in [1.807, 2.05) is 24.3 Å². The first-order valence-corrected chi connectivity index (χ1v) is 8.33. The van der Waals surface area contributed by atoms with Crippen LogP contribution < -0.4 is 5.32 Å². The zero-order chi connectivity index (χ0) is 16.7. The highest BCUT2D eigenvalue weighted by molar-refractivity contribution is 5.79. The first kappa shape index (κ1) is 17.5. The quantitative estimate of drug-likeness (QED) is 0.787. The number of aryl methyl sites for hydroxylation is 1. The number of carbonyl (C=O) groups is 1. The van der Waals surface area contributed by atoms with Crippen LogP contribution in [0.25, 0.3) is 0 Å². The number of aliphatic hydroxyl groups excluding tert-OH is 1. The van der Waals surface area contributed by atoms with Crippen molar-refractivity contribution in [1.29, 1.82) is 0 Å². The molecule has 2 N–H and O–H groups in total. The van der Waals surface area contributed by atoms with E-state index < -0.39 is 0 Å². The average Bonchev–Trinajstić information content (AvgIpc) is 2.60. The summed E-state index contributed by atoms with van der Waals surface area (Å²) in [4.78, 5) is 14.6. The zero-order valence-electron chi connectivity index (χ0n) is 13.8. The number of hydrogen-bond acceptors (Lipinski definition) is 3. The first-order chi connectivity index (χ1) is 11.2. The third-order valence-corrected chi connectivity index (χ3v) is 4.56. The third kappa shape index (κ3) is 4.82. The number of hydrogen-bond donors (Lipinski definition) is 2. The summed E-state index contributed by atoms with van der Waals surface area (Å²) >= 11 is 0. The molecule has 0 aromatic heterocycles. The number of piperidine rings is 1. The van der Waals surface area contributed by atoms with Gasteiger partial charge in [-0.15, -0.1) is 6.42 Å². The molecular weight excluding hydrogens is 288 g/mol. The second-order valence-corrected chi connectivity index (χ2v) is 6.09. The Bertz CT molecular complexity index is 539. The Labute approximate surface area is 138 Å². The highest BCUT2D eigenvalue weighted by Gasteiger charge is 2.26. The fraction of sp³-hybridized carbons (Fsp3) is 0.526. The van der Waals surface area contributed by atoms with Crippen molar-refractivity contribution in [3.8, 4) is 12.3 Å². The lowest BCUT2D eigenvalue weighted by Gasteiger charge is -2.30. The van der Waals surface area contributed by atoms with Crippen molar-refractivity contribution in [1.82, 2.24) is 10.2 Å². The van der Waals surface area contributed by atoms with Crippen LogP contribution in [0.2, 0.25) is 0 Å². The molecule has 0 aliphatic carbocycles. The molecule has 0 spiro atoms. The van der Waals surface area contributed by atoms with Gasteiger partial charge >= 0.3 is 0 Å². The van der Waals surface area contributed by atoms with E-state index in [2.05, 4.69) is 23.1 Å². The Morgan fingerprint density at radius 2 is 2.04 bits per heavy atom. The number of rotatable bonds is 6. The topological polar surface area (TPSA) is 52.6 Å². The van der Waals surface area contributed by atoms with Crippen LogP contribution in [0.5, 0.6) is 0 Å². The molecule has 0 radical (unpaired) electrons. The normalized spacial score (nSPS) is 17.4. The van der Waals surface area contributed by atoms with E-state index in [-0.39, 0.29) is 24.5 Å². The summed E-state index contributed by atoms with van der Waals surface area (Å²) in [6, 6.07) is 7.72. The molecule has 124 valence electrons. The summed E-state index contributed by atoms with van der Waals surface area (Å²) < 4.78 is 0. The van der Waals surface area contributed by atoms with E-state index in [0.29, 0.717) is 6.54 Å². The summed E-state index contributed by atoms with van der Waals surface area (Å²) in [7, 11) is 0. The summed E-state index contributed by atoms with van der Waals surface area (Å²) in [5.41, 5.74) is 2.19. The molecule has 1 aliphatic heterocycles. The fourth-order valence-electron chi connectivity index (χ4n) is 2.99. The average molecular weight is 314 g/mol. The number of benzene rings is 1. The lowest BCUT2D eigenvalue weighted by molar-refractivity contribution is -0.127. The Kier molecular flexibility index (Phi) is 6.64. The molecule has 2 rings (SSSR count). The van der Waals surface area contributed by atoms with E-state index in [1.54, 1.807) is 0 Å². The largest absolute Gasteiger partial charge is 0.394 e. The minimum Gasteiger partial charge on any atom is -0.394 e. The van der Waals surface area contributed by atoms with Gasteiger partial charge in [0.25, 0.3) is 0 Å². The molecule has 1 heterocycles. The second kappa shape index (κ2) is 8.71. The van der Waals surface area contributed by atoms with Crippen LogP contribution in [0.1, 0.15) is 36.9 Å². The SMILES string of the molecule is C#CCN1CCC(C(=O)NC(CO)c2ccc(CC)cc2)CC1. The van der Waals surface area contributed by atoms with E-state index in [4.69, 9.17) is 6.42 Å². The van der Waals surface area contributed by atoms with Gasteiger partial charge in [0.2, 0.25) is 5.91 Å². The molecule has 1 amide bonds. The fourth-order valence-corrected chi connectivity index (χ4v) is 2.99. The van der Waals surface area contributed by atoms with Crippen molar-refractivity contribution in [3.63, 3.8) is 0 Å². The number of carbonyl (C=O) groups excluding carboxylic acids is 1. The smallest absolute Gasteiger partial charge is 0.223 e. The Hall–Kier alpha value is -1.83. The van der Waals surface area contributed by atoms with Crippen molar-refractivity contribution >= 4 is 5.91 Å². The molecule has 1 aromatic carbocycles. The predicted molar refractivity (Wildman–Crippen MR) is 91.8 cm³/mol. The predicted octanol–water partition coefficient (Wildman–Crippen LogP) is 1.74. The van der Waals surface area contributed by atoms with Gasteiger partial charge in [0.15, 0.2) is 0 Å². The number of nitrogens with zero attached hydrogens (tertiary/aromatic N) is 1. The molecule has 1 saturated heterocycles. The Morgan fingerprint density at radius 1 is 1.39 bits per heavy atom. The van der Waals surface area contributed by atoms with Crippen LogP contribution in [0.3, 0.4) is 0 Å². The molecule has 1 unspecified atom stereocenters. The highest BCUT2D eigenvalue weighted by atomic mass is 16.3. The number of terminal acetylenes is 1. The second-order valence-electron chi connectivity index (χ2n) is 6.09. The maximum absolute atomic E-state index is 12.4. The van der Waals surface area contributed by atoms with Gasteiger partial charge in [0.05, 0.1) is 19.2 Å². The molecule has 23 heavy (non-hydrogen) atoms. The summed E-state index contributed by atoms with van der Waals surface area (Å²) in [5.74, 6) is 2.68. The zero-order valence-corrected chi connectivity index (χ0v) is 13.8. The van der Waals surface area contributed by atoms with Crippen LogP contribution in [0.4, 0.5) is 0 Å². The van der Waals surface area contributed by atoms with Gasteiger partial charge in [-0.25, -0.2) is 0 Å². The van der Waals surface area contributed by atoms with E-state index in [1.165, 1.54) is 5.56 Å². The maximum Gasteiger partial charge on any atom is 0.223 e. The number of amides is 1. The maximum atomic E-state index is 12.4. The standard InChI is InChI=1S/C19H26N2O2/c1-3-11-21-12-9-17(10-13-21)19(23)20-18(14-22)16-7-5-15(4-2)6-8-16/h1,5-8,17-18,22H,4,9-14H2,2H3,(H,20,23). The van der Waals surface area contributed by atoms with Crippen molar-refractivity contribution in [2.45, 2.75) is 32.2 Å². The van der Waals surface area contributed by atoms with Gasteiger partial charge in [-0.1, -0.05) is 37.1 Å². The number of likely N-dealkylation sites (tertiary alicyclic amines) is 1. The van der Waals surface area contributed by atoms with Gasteiger partial charge < -0.3 is 10.4 Å². The van der Waals surface area contributed by atoms with Gasteiger partial charge in [-0.05, 0) is 43.5 Å². The van der Waals surface area contributed by atoms with E-state index in [0.717, 1.165) is 37.9 Å². The number of aliphatic hydroxyl groups is 1.